The maximum atomic E-state index is 13.4. The molecule has 1 fully saturated rings. The SMILES string of the molecule is COc1coc(CN2CCCC[C@H]2c2nc3ccc(F)cc3[nH]2)cc1=O. The van der Waals surface area contributed by atoms with Crippen LogP contribution in [-0.4, -0.2) is 28.5 Å². The number of hydrogen-bond acceptors (Lipinski definition) is 5. The van der Waals surface area contributed by atoms with Gasteiger partial charge in [-0.1, -0.05) is 6.42 Å². The number of ether oxygens (including phenoxy) is 1. The molecule has 0 saturated carbocycles. The topological polar surface area (TPSA) is 71.4 Å². The first-order valence-electron chi connectivity index (χ1n) is 8.69. The van der Waals surface area contributed by atoms with Gasteiger partial charge in [-0.25, -0.2) is 9.37 Å². The van der Waals surface area contributed by atoms with Crippen molar-refractivity contribution in [1.82, 2.24) is 14.9 Å². The Kier molecular flexibility index (Phi) is 4.46. The van der Waals surface area contributed by atoms with Gasteiger partial charge in [-0.2, -0.15) is 0 Å². The van der Waals surface area contributed by atoms with E-state index in [1.54, 1.807) is 6.07 Å². The first-order valence-corrected chi connectivity index (χ1v) is 8.69. The van der Waals surface area contributed by atoms with Crippen LogP contribution in [0, 0.1) is 5.82 Å². The van der Waals surface area contributed by atoms with E-state index in [1.807, 2.05) is 0 Å². The first kappa shape index (κ1) is 16.8. The van der Waals surface area contributed by atoms with E-state index in [2.05, 4.69) is 14.9 Å². The summed E-state index contributed by atoms with van der Waals surface area (Å²) in [7, 11) is 1.44. The van der Waals surface area contributed by atoms with Gasteiger partial charge in [0.15, 0.2) is 0 Å². The van der Waals surface area contributed by atoms with Crippen molar-refractivity contribution in [2.24, 2.45) is 0 Å². The number of halogens is 1. The Morgan fingerprint density at radius 3 is 3.08 bits per heavy atom. The number of benzene rings is 1. The van der Waals surface area contributed by atoms with E-state index in [1.165, 1.54) is 31.6 Å². The van der Waals surface area contributed by atoms with E-state index in [0.29, 0.717) is 17.8 Å². The summed E-state index contributed by atoms with van der Waals surface area (Å²) in [5.41, 5.74) is 1.26. The predicted molar refractivity (Wildman–Crippen MR) is 94.6 cm³/mol. The van der Waals surface area contributed by atoms with Crippen molar-refractivity contribution >= 4 is 11.0 Å². The van der Waals surface area contributed by atoms with Gasteiger partial charge in [0.05, 0.1) is 30.7 Å². The quantitative estimate of drug-likeness (QED) is 0.775. The number of nitrogens with zero attached hydrogens (tertiary/aromatic N) is 2. The number of likely N-dealkylation sites (tertiary alicyclic amines) is 1. The van der Waals surface area contributed by atoms with Gasteiger partial charge in [0, 0.05) is 6.07 Å². The van der Waals surface area contributed by atoms with Gasteiger partial charge in [0.1, 0.15) is 23.7 Å². The monoisotopic (exact) mass is 357 g/mol. The van der Waals surface area contributed by atoms with Crippen LogP contribution in [0.3, 0.4) is 0 Å². The van der Waals surface area contributed by atoms with E-state index in [0.717, 1.165) is 37.1 Å². The molecule has 3 heterocycles. The average Bonchev–Trinajstić information content (AvgIpc) is 3.05. The number of hydrogen-bond donors (Lipinski definition) is 1. The molecule has 1 aliphatic rings. The molecule has 1 saturated heterocycles. The van der Waals surface area contributed by atoms with Gasteiger partial charge < -0.3 is 14.1 Å². The summed E-state index contributed by atoms with van der Waals surface area (Å²) in [6.45, 7) is 1.39. The second-order valence-corrected chi connectivity index (χ2v) is 6.54. The van der Waals surface area contributed by atoms with Crippen LogP contribution in [0.1, 0.15) is 36.9 Å². The summed E-state index contributed by atoms with van der Waals surface area (Å²) < 4.78 is 23.9. The third-order valence-corrected chi connectivity index (χ3v) is 4.82. The summed E-state index contributed by atoms with van der Waals surface area (Å²) in [4.78, 5) is 22.1. The molecular formula is C19H20FN3O3. The van der Waals surface area contributed by atoms with Crippen molar-refractivity contribution in [3.63, 3.8) is 0 Å². The summed E-state index contributed by atoms with van der Waals surface area (Å²) in [6, 6.07) is 6.10. The van der Waals surface area contributed by atoms with E-state index in [4.69, 9.17) is 9.15 Å². The van der Waals surface area contributed by atoms with Crippen LogP contribution >= 0.6 is 0 Å². The molecule has 4 rings (SSSR count). The zero-order valence-electron chi connectivity index (χ0n) is 14.5. The molecule has 1 aliphatic heterocycles. The molecule has 0 bridgehead atoms. The van der Waals surface area contributed by atoms with Crippen LogP contribution in [0.5, 0.6) is 5.75 Å². The van der Waals surface area contributed by atoms with Crippen molar-refractivity contribution in [1.29, 1.82) is 0 Å². The number of aromatic amines is 1. The number of fused-ring (bicyclic) bond motifs is 1. The van der Waals surface area contributed by atoms with Gasteiger partial charge in [0.2, 0.25) is 11.2 Å². The lowest BCUT2D eigenvalue weighted by Gasteiger charge is -2.33. The Morgan fingerprint density at radius 2 is 2.27 bits per heavy atom. The molecule has 0 radical (unpaired) electrons. The summed E-state index contributed by atoms with van der Waals surface area (Å²) >= 11 is 0. The smallest absolute Gasteiger partial charge is 0.227 e. The fraction of sp³-hybridized carbons (Fsp3) is 0.368. The minimum atomic E-state index is -0.284. The van der Waals surface area contributed by atoms with Crippen molar-refractivity contribution in [2.75, 3.05) is 13.7 Å². The molecule has 3 aromatic rings. The number of H-pyrrole nitrogens is 1. The highest BCUT2D eigenvalue weighted by atomic mass is 19.1. The molecule has 0 unspecified atom stereocenters. The zero-order valence-corrected chi connectivity index (χ0v) is 14.5. The summed E-state index contributed by atoms with van der Waals surface area (Å²) in [6.07, 6.45) is 4.47. The standard InChI is InChI=1S/C19H20FN3O3/c1-25-18-11-26-13(9-17(18)24)10-23-7-3-2-4-16(23)19-21-14-6-5-12(20)8-15(14)22-19/h5-6,8-9,11,16H,2-4,7,10H2,1H3,(H,21,22)/t16-/m0/s1. The van der Waals surface area contributed by atoms with E-state index >= 15 is 0 Å². The third kappa shape index (κ3) is 3.22. The van der Waals surface area contributed by atoms with Crippen LogP contribution in [0.15, 0.2) is 39.7 Å². The number of rotatable bonds is 4. The van der Waals surface area contributed by atoms with Gasteiger partial charge in [-0.3, -0.25) is 9.69 Å². The lowest BCUT2D eigenvalue weighted by Crippen LogP contribution is -2.33. The van der Waals surface area contributed by atoms with Crippen molar-refractivity contribution < 1.29 is 13.5 Å². The highest BCUT2D eigenvalue weighted by Crippen LogP contribution is 2.31. The Morgan fingerprint density at radius 1 is 1.38 bits per heavy atom. The van der Waals surface area contributed by atoms with Crippen LogP contribution < -0.4 is 10.2 Å². The number of imidazole rings is 1. The molecule has 0 aliphatic carbocycles. The molecule has 1 atom stereocenters. The normalized spacial score (nSPS) is 18.3. The maximum absolute atomic E-state index is 13.4. The highest BCUT2D eigenvalue weighted by molar-refractivity contribution is 5.75. The minimum absolute atomic E-state index is 0.0756. The largest absolute Gasteiger partial charge is 0.490 e. The fourth-order valence-electron chi connectivity index (χ4n) is 3.52. The van der Waals surface area contributed by atoms with Gasteiger partial charge in [-0.05, 0) is 37.6 Å². The lowest BCUT2D eigenvalue weighted by atomic mass is 10.0. The van der Waals surface area contributed by atoms with Gasteiger partial charge in [0.25, 0.3) is 0 Å². The second-order valence-electron chi connectivity index (χ2n) is 6.54. The zero-order chi connectivity index (χ0) is 18.1. The Labute approximate surface area is 149 Å². The van der Waals surface area contributed by atoms with Crippen LogP contribution in [-0.2, 0) is 6.54 Å². The summed E-state index contributed by atoms with van der Waals surface area (Å²) in [5.74, 6) is 1.32. The number of aromatic nitrogens is 2. The molecule has 136 valence electrons. The van der Waals surface area contributed by atoms with Crippen molar-refractivity contribution in [2.45, 2.75) is 31.8 Å². The average molecular weight is 357 g/mol. The van der Waals surface area contributed by atoms with E-state index in [-0.39, 0.29) is 23.0 Å². The molecule has 7 heteroatoms. The highest BCUT2D eigenvalue weighted by Gasteiger charge is 2.27. The molecule has 2 aromatic heterocycles. The fourth-order valence-corrected chi connectivity index (χ4v) is 3.52. The van der Waals surface area contributed by atoms with Crippen molar-refractivity contribution in [3.8, 4) is 5.75 Å². The molecule has 6 nitrogen and oxygen atoms in total. The predicted octanol–water partition coefficient (Wildman–Crippen LogP) is 3.39. The second kappa shape index (κ2) is 6.92. The summed E-state index contributed by atoms with van der Waals surface area (Å²) in [5, 5.41) is 0. The number of piperidine rings is 1. The maximum Gasteiger partial charge on any atom is 0.227 e. The number of methoxy groups -OCH3 is 1. The van der Waals surface area contributed by atoms with Crippen molar-refractivity contribution in [3.05, 3.63) is 58.2 Å². The van der Waals surface area contributed by atoms with E-state index in [9.17, 15) is 9.18 Å². The molecule has 0 amide bonds. The Bertz CT molecular complexity index is 982. The van der Waals surface area contributed by atoms with Gasteiger partial charge in [-0.15, -0.1) is 0 Å². The minimum Gasteiger partial charge on any atom is -0.490 e. The van der Waals surface area contributed by atoms with Gasteiger partial charge >= 0.3 is 0 Å². The van der Waals surface area contributed by atoms with Crippen LogP contribution in [0.2, 0.25) is 0 Å². The van der Waals surface area contributed by atoms with Crippen LogP contribution in [0.25, 0.3) is 11.0 Å². The number of nitrogens with one attached hydrogen (secondary N) is 1. The third-order valence-electron chi connectivity index (χ3n) is 4.82. The van der Waals surface area contributed by atoms with E-state index < -0.39 is 0 Å². The van der Waals surface area contributed by atoms with Crippen LogP contribution in [0.4, 0.5) is 4.39 Å². The Hall–Kier alpha value is -2.67. The molecule has 1 N–H and O–H groups in total. The molecule has 0 spiro atoms. The first-order chi connectivity index (χ1) is 12.6. The Balaban J connectivity index is 1.61. The molecular weight excluding hydrogens is 337 g/mol. The molecule has 1 aromatic carbocycles. The lowest BCUT2D eigenvalue weighted by molar-refractivity contribution is 0.123. The molecule has 26 heavy (non-hydrogen) atoms.